The summed E-state index contributed by atoms with van der Waals surface area (Å²) >= 11 is 1.61. The van der Waals surface area contributed by atoms with Crippen molar-refractivity contribution in [1.29, 1.82) is 0 Å². The number of hydrogen-bond donors (Lipinski definition) is 1. The van der Waals surface area contributed by atoms with Crippen molar-refractivity contribution in [3.63, 3.8) is 0 Å². The summed E-state index contributed by atoms with van der Waals surface area (Å²) in [5.74, 6) is 1.60. The van der Waals surface area contributed by atoms with Crippen LogP contribution in [0.4, 0.5) is 0 Å². The highest BCUT2D eigenvalue weighted by atomic mass is 32.1. The summed E-state index contributed by atoms with van der Waals surface area (Å²) in [6.45, 7) is 5.21. The quantitative estimate of drug-likeness (QED) is 0.787. The lowest BCUT2D eigenvalue weighted by Gasteiger charge is -2.36. The molecule has 3 aromatic heterocycles. The molecular formula is C16H17N5O2S. The van der Waals surface area contributed by atoms with Crippen LogP contribution in [0.2, 0.25) is 0 Å². The fourth-order valence-electron chi connectivity index (χ4n) is 2.60. The third kappa shape index (κ3) is 2.62. The number of aromatic amines is 1. The summed E-state index contributed by atoms with van der Waals surface area (Å²) in [7, 11) is 0. The van der Waals surface area contributed by atoms with Crippen LogP contribution in [0.3, 0.4) is 0 Å². The first-order valence-corrected chi connectivity index (χ1v) is 8.72. The number of rotatable bonds is 4. The molecule has 124 valence electrons. The van der Waals surface area contributed by atoms with E-state index in [-0.39, 0.29) is 17.7 Å². The summed E-state index contributed by atoms with van der Waals surface area (Å²) < 4.78 is 5.30. The van der Waals surface area contributed by atoms with Gasteiger partial charge >= 0.3 is 0 Å². The lowest BCUT2D eigenvalue weighted by Crippen LogP contribution is -2.48. The summed E-state index contributed by atoms with van der Waals surface area (Å²) in [6, 6.07) is 5.76. The van der Waals surface area contributed by atoms with Gasteiger partial charge in [-0.05, 0) is 17.5 Å². The van der Waals surface area contributed by atoms with Gasteiger partial charge in [0.25, 0.3) is 5.91 Å². The maximum atomic E-state index is 12.5. The van der Waals surface area contributed by atoms with Crippen molar-refractivity contribution in [2.75, 3.05) is 13.1 Å². The molecule has 0 spiro atoms. The van der Waals surface area contributed by atoms with Gasteiger partial charge in [-0.15, -0.1) is 11.3 Å². The van der Waals surface area contributed by atoms with Gasteiger partial charge < -0.3 is 9.42 Å². The number of thiophene rings is 1. The third-order valence-electron chi connectivity index (χ3n) is 4.08. The van der Waals surface area contributed by atoms with Gasteiger partial charge in [-0.1, -0.05) is 25.1 Å². The van der Waals surface area contributed by atoms with E-state index in [0.717, 1.165) is 10.6 Å². The van der Waals surface area contributed by atoms with E-state index in [2.05, 4.69) is 20.3 Å². The van der Waals surface area contributed by atoms with Crippen LogP contribution >= 0.6 is 11.3 Å². The van der Waals surface area contributed by atoms with Crippen LogP contribution in [0.1, 0.15) is 47.9 Å². The lowest BCUT2D eigenvalue weighted by molar-refractivity contribution is 0.0563. The van der Waals surface area contributed by atoms with Gasteiger partial charge in [-0.25, -0.2) is 0 Å². The predicted octanol–water partition coefficient (Wildman–Crippen LogP) is 2.88. The molecule has 0 saturated carbocycles. The number of likely N-dealkylation sites (tertiary alicyclic amines) is 1. The minimum Gasteiger partial charge on any atom is -0.339 e. The molecule has 1 fully saturated rings. The number of amides is 1. The maximum absolute atomic E-state index is 12.5. The topological polar surface area (TPSA) is 87.9 Å². The lowest BCUT2D eigenvalue weighted by atomic mass is 9.99. The van der Waals surface area contributed by atoms with Crippen molar-refractivity contribution >= 4 is 17.2 Å². The molecule has 8 heteroatoms. The second-order valence-corrected chi connectivity index (χ2v) is 7.14. The average molecular weight is 343 g/mol. The first-order chi connectivity index (χ1) is 11.6. The standard InChI is InChI=1S/C16H17N5O2S/c1-9(2)14-17-15(23-20-14)10-7-21(8-10)16(22)12-6-11(18-19-12)13-4-3-5-24-13/h3-6,9-10H,7-8H2,1-2H3,(H,18,19). The molecule has 0 atom stereocenters. The van der Waals surface area contributed by atoms with Crippen molar-refractivity contribution in [2.45, 2.75) is 25.7 Å². The minimum absolute atomic E-state index is 0.0751. The normalized spacial score (nSPS) is 15.0. The number of aromatic nitrogens is 4. The Balaban J connectivity index is 1.40. The smallest absolute Gasteiger partial charge is 0.274 e. The zero-order valence-electron chi connectivity index (χ0n) is 13.4. The second-order valence-electron chi connectivity index (χ2n) is 6.20. The van der Waals surface area contributed by atoms with E-state index in [9.17, 15) is 4.79 Å². The third-order valence-corrected chi connectivity index (χ3v) is 4.98. The molecule has 1 saturated heterocycles. The molecule has 0 radical (unpaired) electrons. The molecule has 1 aliphatic heterocycles. The van der Waals surface area contributed by atoms with Gasteiger partial charge in [0.15, 0.2) is 11.5 Å². The summed E-state index contributed by atoms with van der Waals surface area (Å²) in [5, 5.41) is 13.0. The molecule has 4 heterocycles. The summed E-state index contributed by atoms with van der Waals surface area (Å²) in [6.07, 6.45) is 0. The molecule has 1 N–H and O–H groups in total. The molecule has 0 unspecified atom stereocenters. The van der Waals surface area contributed by atoms with Gasteiger partial charge in [-0.2, -0.15) is 10.1 Å². The van der Waals surface area contributed by atoms with Gasteiger partial charge in [-0.3, -0.25) is 9.89 Å². The van der Waals surface area contributed by atoms with Crippen LogP contribution in [-0.4, -0.2) is 44.2 Å². The number of nitrogens with zero attached hydrogens (tertiary/aromatic N) is 4. The van der Waals surface area contributed by atoms with E-state index >= 15 is 0 Å². The van der Waals surface area contributed by atoms with E-state index in [1.54, 1.807) is 22.3 Å². The van der Waals surface area contributed by atoms with Gasteiger partial charge in [0.1, 0.15) is 0 Å². The second kappa shape index (κ2) is 5.86. The molecule has 1 aliphatic rings. The first-order valence-electron chi connectivity index (χ1n) is 7.84. The van der Waals surface area contributed by atoms with Crippen LogP contribution in [0.25, 0.3) is 10.6 Å². The molecule has 4 rings (SSSR count). The van der Waals surface area contributed by atoms with Crippen LogP contribution in [0.15, 0.2) is 28.1 Å². The molecule has 1 amide bonds. The molecule has 0 bridgehead atoms. The van der Waals surface area contributed by atoms with Crippen LogP contribution in [-0.2, 0) is 0 Å². The van der Waals surface area contributed by atoms with Crippen molar-refractivity contribution < 1.29 is 9.32 Å². The van der Waals surface area contributed by atoms with Crippen molar-refractivity contribution in [1.82, 2.24) is 25.2 Å². The zero-order chi connectivity index (χ0) is 16.7. The molecule has 0 aromatic carbocycles. The summed E-state index contributed by atoms with van der Waals surface area (Å²) in [4.78, 5) is 19.7. The van der Waals surface area contributed by atoms with E-state index in [4.69, 9.17) is 4.52 Å². The molecule has 0 aliphatic carbocycles. The maximum Gasteiger partial charge on any atom is 0.274 e. The van der Waals surface area contributed by atoms with Crippen LogP contribution in [0, 0.1) is 0 Å². The Morgan fingerprint density at radius 1 is 1.46 bits per heavy atom. The van der Waals surface area contributed by atoms with Crippen molar-refractivity contribution in [3.05, 3.63) is 41.0 Å². The Morgan fingerprint density at radius 2 is 2.29 bits per heavy atom. The zero-order valence-corrected chi connectivity index (χ0v) is 14.2. The summed E-state index contributed by atoms with van der Waals surface area (Å²) in [5.41, 5.74) is 1.30. The predicted molar refractivity (Wildman–Crippen MR) is 88.9 cm³/mol. The highest BCUT2D eigenvalue weighted by Crippen LogP contribution is 2.29. The van der Waals surface area contributed by atoms with Gasteiger partial charge in [0.2, 0.25) is 5.89 Å². The molecule has 3 aromatic rings. The number of nitrogens with one attached hydrogen (secondary N) is 1. The Kier molecular flexibility index (Phi) is 3.68. The Labute approximate surface area is 142 Å². The van der Waals surface area contributed by atoms with E-state index in [1.807, 2.05) is 31.4 Å². The highest BCUT2D eigenvalue weighted by molar-refractivity contribution is 7.13. The molecular weight excluding hydrogens is 326 g/mol. The Bertz CT molecular complexity index is 846. The fourth-order valence-corrected chi connectivity index (χ4v) is 3.29. The Hall–Kier alpha value is -2.48. The largest absolute Gasteiger partial charge is 0.339 e. The number of carbonyl (C=O) groups excluding carboxylic acids is 1. The van der Waals surface area contributed by atoms with Crippen molar-refractivity contribution in [3.8, 4) is 10.6 Å². The first kappa shape index (κ1) is 15.1. The monoisotopic (exact) mass is 343 g/mol. The number of H-pyrrole nitrogens is 1. The van der Waals surface area contributed by atoms with E-state index in [0.29, 0.717) is 30.5 Å². The number of hydrogen-bond acceptors (Lipinski definition) is 6. The SMILES string of the molecule is CC(C)c1noc(C2CN(C(=O)c3cc(-c4cccs4)[nH]n3)C2)n1. The van der Waals surface area contributed by atoms with Gasteiger partial charge in [0, 0.05) is 19.0 Å². The Morgan fingerprint density at radius 3 is 2.96 bits per heavy atom. The van der Waals surface area contributed by atoms with Crippen LogP contribution in [0.5, 0.6) is 0 Å². The van der Waals surface area contributed by atoms with Gasteiger partial charge in [0.05, 0.1) is 16.5 Å². The highest BCUT2D eigenvalue weighted by Gasteiger charge is 2.37. The van der Waals surface area contributed by atoms with Crippen molar-refractivity contribution in [2.24, 2.45) is 0 Å². The van der Waals surface area contributed by atoms with E-state index in [1.165, 1.54) is 0 Å². The number of carbonyl (C=O) groups is 1. The minimum atomic E-state index is -0.0751. The molecule has 24 heavy (non-hydrogen) atoms. The fraction of sp³-hybridized carbons (Fsp3) is 0.375. The van der Waals surface area contributed by atoms with Crippen LogP contribution < -0.4 is 0 Å². The molecule has 7 nitrogen and oxygen atoms in total. The average Bonchev–Trinajstić information content (AvgIpc) is 3.26. The van der Waals surface area contributed by atoms with E-state index < -0.39 is 0 Å².